The molecule has 0 unspecified atom stereocenters. The molecule has 46 heavy (non-hydrogen) atoms. The van der Waals surface area contributed by atoms with Crippen LogP contribution in [0.2, 0.25) is 0 Å². The van der Waals surface area contributed by atoms with Crippen LogP contribution >= 0.6 is 0 Å². The molecular weight excluding hydrogens is 571 g/mol. The van der Waals surface area contributed by atoms with Gasteiger partial charge in [0.1, 0.15) is 0 Å². The summed E-state index contributed by atoms with van der Waals surface area (Å²) < 4.78 is 2.46. The van der Waals surface area contributed by atoms with Gasteiger partial charge in [0.05, 0.1) is 11.0 Å². The minimum absolute atomic E-state index is 0.973. The summed E-state index contributed by atoms with van der Waals surface area (Å²) in [5, 5.41) is 8.22. The van der Waals surface area contributed by atoms with Gasteiger partial charge in [-0.3, -0.25) is 0 Å². The Hall–Kier alpha value is -5.44. The maximum atomic E-state index is 2.55. The van der Waals surface area contributed by atoms with Gasteiger partial charge < -0.3 is 4.57 Å². The normalized spacial score (nSPS) is 12.4. The molecule has 1 aliphatic rings. The maximum absolute atomic E-state index is 2.62. The third kappa shape index (κ3) is 3.94. The van der Waals surface area contributed by atoms with Crippen LogP contribution in [0.1, 0.15) is 16.7 Å². The first kappa shape index (κ1) is 26.9. The summed E-state index contributed by atoms with van der Waals surface area (Å²) in [7, 11) is -2.62. The first-order valence-electron chi connectivity index (χ1n) is 16.2. The van der Waals surface area contributed by atoms with E-state index in [1.54, 1.807) is 0 Å². The number of nitrogens with zero attached hydrogens (tertiary/aromatic N) is 1. The second kappa shape index (κ2) is 10.6. The summed E-state index contributed by atoms with van der Waals surface area (Å²) in [6.07, 6.45) is 0.973. The zero-order valence-electron chi connectivity index (χ0n) is 25.8. The number of hydrogen-bond acceptors (Lipinski definition) is 0. The molecular formula is C44H33NSi. The van der Waals surface area contributed by atoms with Gasteiger partial charge in [-0.15, -0.1) is 0 Å². The van der Waals surface area contributed by atoms with E-state index in [0.29, 0.717) is 0 Å². The highest BCUT2D eigenvalue weighted by molar-refractivity contribution is 7.19. The van der Waals surface area contributed by atoms with Crippen LogP contribution < -0.4 is 20.7 Å². The molecule has 0 radical (unpaired) electrons. The molecule has 1 nitrogen and oxygen atoms in total. The highest BCUT2D eigenvalue weighted by atomic mass is 28.3. The number of aromatic nitrogens is 1. The van der Waals surface area contributed by atoms with Gasteiger partial charge in [-0.2, -0.15) is 0 Å². The number of para-hydroxylation sites is 2. The highest BCUT2D eigenvalue weighted by Crippen LogP contribution is 2.41. The molecule has 0 saturated carbocycles. The van der Waals surface area contributed by atoms with E-state index >= 15 is 0 Å². The molecule has 9 rings (SSSR count). The second-order valence-electron chi connectivity index (χ2n) is 12.6. The number of aryl methyl sites for hydroxylation is 1. The Balaban J connectivity index is 1.31. The minimum Gasteiger partial charge on any atom is -0.309 e. The van der Waals surface area contributed by atoms with E-state index in [4.69, 9.17) is 0 Å². The van der Waals surface area contributed by atoms with Crippen molar-refractivity contribution in [3.05, 3.63) is 187 Å². The van der Waals surface area contributed by atoms with Crippen LogP contribution in [0.5, 0.6) is 0 Å². The van der Waals surface area contributed by atoms with Crippen molar-refractivity contribution in [2.75, 3.05) is 0 Å². The molecule has 0 amide bonds. The lowest BCUT2D eigenvalue weighted by Gasteiger charge is -2.34. The molecule has 8 aromatic rings. The molecule has 0 aliphatic heterocycles. The van der Waals surface area contributed by atoms with E-state index in [1.807, 2.05) is 0 Å². The second-order valence-corrected chi connectivity index (χ2v) is 16.4. The SMILES string of the molecule is Cc1cc(-n2c3ccccc3c3ccccc32)cc2c1Cc1ccc([Si](c3ccccc3)(c3ccccc3)c3ccccc3)cc1-2. The fourth-order valence-electron chi connectivity index (χ4n) is 8.07. The first-order chi connectivity index (χ1) is 22.7. The van der Waals surface area contributed by atoms with E-state index in [1.165, 1.54) is 76.1 Å². The van der Waals surface area contributed by atoms with Crippen LogP contribution in [0, 0.1) is 6.92 Å². The summed E-state index contributed by atoms with van der Waals surface area (Å²) in [5.74, 6) is 0. The van der Waals surface area contributed by atoms with Crippen molar-refractivity contribution in [3.63, 3.8) is 0 Å². The topological polar surface area (TPSA) is 4.93 Å². The van der Waals surface area contributed by atoms with Gasteiger partial charge in [0.2, 0.25) is 0 Å². The van der Waals surface area contributed by atoms with Crippen molar-refractivity contribution in [3.8, 4) is 16.8 Å². The minimum atomic E-state index is -2.62. The van der Waals surface area contributed by atoms with Crippen molar-refractivity contribution in [2.24, 2.45) is 0 Å². The van der Waals surface area contributed by atoms with Gasteiger partial charge in [-0.05, 0) is 86.2 Å². The summed E-state index contributed by atoms with van der Waals surface area (Å²) in [5.41, 5.74) is 10.7. The largest absolute Gasteiger partial charge is 0.309 e. The molecule has 0 N–H and O–H groups in total. The zero-order chi connectivity index (χ0) is 30.7. The number of hydrogen-bond donors (Lipinski definition) is 0. The molecule has 7 aromatic carbocycles. The lowest BCUT2D eigenvalue weighted by atomic mass is 10.0. The van der Waals surface area contributed by atoms with Gasteiger partial charge in [0.15, 0.2) is 8.07 Å². The monoisotopic (exact) mass is 603 g/mol. The Morgan fingerprint density at radius 1 is 0.457 bits per heavy atom. The van der Waals surface area contributed by atoms with Gasteiger partial charge in [-0.1, -0.05) is 146 Å². The lowest BCUT2D eigenvalue weighted by molar-refractivity contribution is 1.15. The quantitative estimate of drug-likeness (QED) is 0.139. The number of rotatable bonds is 5. The molecule has 2 heteroatoms. The van der Waals surface area contributed by atoms with Crippen LogP contribution in [0.25, 0.3) is 38.6 Å². The molecule has 0 saturated heterocycles. The molecule has 0 atom stereocenters. The molecule has 0 bridgehead atoms. The molecule has 1 heterocycles. The Kier molecular flexibility index (Phi) is 6.19. The van der Waals surface area contributed by atoms with Gasteiger partial charge in [0.25, 0.3) is 0 Å². The van der Waals surface area contributed by atoms with Crippen LogP contribution in [-0.4, -0.2) is 12.6 Å². The summed E-state index contributed by atoms with van der Waals surface area (Å²) in [4.78, 5) is 0. The fraction of sp³-hybridized carbons (Fsp3) is 0.0455. The molecule has 218 valence electrons. The van der Waals surface area contributed by atoms with Crippen molar-refractivity contribution in [1.29, 1.82) is 0 Å². The van der Waals surface area contributed by atoms with Crippen LogP contribution in [0.15, 0.2) is 170 Å². The van der Waals surface area contributed by atoms with Crippen LogP contribution in [-0.2, 0) is 6.42 Å². The molecule has 0 spiro atoms. The van der Waals surface area contributed by atoms with E-state index in [0.717, 1.165) is 6.42 Å². The Morgan fingerprint density at radius 2 is 0.957 bits per heavy atom. The summed E-state index contributed by atoms with van der Waals surface area (Å²) >= 11 is 0. The maximum Gasteiger partial charge on any atom is 0.179 e. The average Bonchev–Trinajstić information content (AvgIpc) is 3.66. The Bertz CT molecular complexity index is 2240. The van der Waals surface area contributed by atoms with E-state index in [-0.39, 0.29) is 0 Å². The van der Waals surface area contributed by atoms with Crippen LogP contribution in [0.4, 0.5) is 0 Å². The van der Waals surface area contributed by atoms with E-state index in [2.05, 4.69) is 181 Å². The lowest BCUT2D eigenvalue weighted by Crippen LogP contribution is -2.74. The van der Waals surface area contributed by atoms with Crippen molar-refractivity contribution in [2.45, 2.75) is 13.3 Å². The van der Waals surface area contributed by atoms with Crippen molar-refractivity contribution in [1.82, 2.24) is 4.57 Å². The molecule has 0 fully saturated rings. The fourth-order valence-corrected chi connectivity index (χ4v) is 12.8. The van der Waals surface area contributed by atoms with Crippen LogP contribution in [0.3, 0.4) is 0 Å². The number of fused-ring (bicyclic) bond motifs is 6. The van der Waals surface area contributed by atoms with E-state index < -0.39 is 8.07 Å². The zero-order valence-corrected chi connectivity index (χ0v) is 26.8. The Labute approximate surface area is 271 Å². The van der Waals surface area contributed by atoms with E-state index in [9.17, 15) is 0 Å². The smallest absolute Gasteiger partial charge is 0.179 e. The summed E-state index contributed by atoms with van der Waals surface area (Å²) in [6, 6.07) is 63.5. The summed E-state index contributed by atoms with van der Waals surface area (Å²) in [6.45, 7) is 2.29. The third-order valence-corrected chi connectivity index (χ3v) is 14.9. The highest BCUT2D eigenvalue weighted by Gasteiger charge is 2.42. The first-order valence-corrected chi connectivity index (χ1v) is 18.2. The predicted molar refractivity (Wildman–Crippen MR) is 197 cm³/mol. The number of benzene rings is 7. The molecule has 1 aromatic heterocycles. The average molecular weight is 604 g/mol. The van der Waals surface area contributed by atoms with Gasteiger partial charge in [0, 0.05) is 16.5 Å². The third-order valence-electron chi connectivity index (χ3n) is 10.1. The van der Waals surface area contributed by atoms with Crippen molar-refractivity contribution < 1.29 is 0 Å². The molecule has 1 aliphatic carbocycles. The predicted octanol–water partition coefficient (Wildman–Crippen LogP) is 8.04. The van der Waals surface area contributed by atoms with Gasteiger partial charge >= 0.3 is 0 Å². The standard InChI is InChI=1S/C44H33NSi/c1-31-27-33(45-43-23-13-11-21-38(43)39-22-12-14-24-44(39)45)29-42-40(31)28-32-25-26-37(30-41(32)42)46(34-15-5-2-6-16-34,35-17-7-3-8-18-35)36-19-9-4-10-20-36/h2-27,29-30H,28H2,1H3. The van der Waals surface area contributed by atoms with Crippen molar-refractivity contribution >= 4 is 50.6 Å². The van der Waals surface area contributed by atoms with Gasteiger partial charge in [-0.25, -0.2) is 0 Å². The Morgan fingerprint density at radius 3 is 1.50 bits per heavy atom.